The van der Waals surface area contributed by atoms with E-state index in [4.69, 9.17) is 4.74 Å². The number of hydrogen-bond acceptors (Lipinski definition) is 4. The fourth-order valence-corrected chi connectivity index (χ4v) is 5.77. The number of carbonyl (C=O) groups excluding carboxylic acids is 1. The lowest BCUT2D eigenvalue weighted by Crippen LogP contribution is -2.51. The minimum atomic E-state index is -3.43. The van der Waals surface area contributed by atoms with Crippen molar-refractivity contribution in [3.63, 3.8) is 0 Å². The van der Waals surface area contributed by atoms with E-state index in [9.17, 15) is 17.6 Å². The highest BCUT2D eigenvalue weighted by atomic mass is 32.2. The van der Waals surface area contributed by atoms with Crippen molar-refractivity contribution in [1.82, 2.24) is 9.62 Å². The number of ether oxygens (including phenoxy) is 1. The molecule has 2 heterocycles. The zero-order valence-electron chi connectivity index (χ0n) is 16.3. The molecule has 1 N–H and O–H groups in total. The average Bonchev–Trinajstić information content (AvgIpc) is 2.64. The maximum Gasteiger partial charge on any atom is 0.218 e. The maximum absolute atomic E-state index is 13.0. The number of amides is 1. The first-order valence-electron chi connectivity index (χ1n) is 9.89. The molecule has 2 aliphatic heterocycles. The van der Waals surface area contributed by atoms with Gasteiger partial charge in [-0.3, -0.25) is 4.79 Å². The van der Waals surface area contributed by atoms with Crippen LogP contribution in [0.3, 0.4) is 0 Å². The summed E-state index contributed by atoms with van der Waals surface area (Å²) in [6.07, 6.45) is 4.20. The molecule has 0 bridgehead atoms. The summed E-state index contributed by atoms with van der Waals surface area (Å²) in [6, 6.07) is 5.60. The normalized spacial score (nSPS) is 22.9. The van der Waals surface area contributed by atoms with E-state index < -0.39 is 10.0 Å². The molecule has 3 rings (SSSR count). The van der Waals surface area contributed by atoms with Crippen molar-refractivity contribution in [1.29, 1.82) is 0 Å². The molecule has 156 valence electrons. The molecule has 1 amide bonds. The SMILES string of the molecule is CC(=O)NCCC1CCOC2(CCN(S(=O)(=O)Cc3ccc(F)cc3)CC2)C1. The van der Waals surface area contributed by atoms with Crippen molar-refractivity contribution in [2.75, 3.05) is 26.2 Å². The highest BCUT2D eigenvalue weighted by Crippen LogP contribution is 2.39. The van der Waals surface area contributed by atoms with Crippen LogP contribution in [0.1, 0.15) is 44.6 Å². The highest BCUT2D eigenvalue weighted by Gasteiger charge is 2.42. The van der Waals surface area contributed by atoms with Gasteiger partial charge < -0.3 is 10.1 Å². The Labute approximate surface area is 166 Å². The predicted octanol–water partition coefficient (Wildman–Crippen LogP) is 2.44. The van der Waals surface area contributed by atoms with Crippen molar-refractivity contribution >= 4 is 15.9 Å². The first-order valence-corrected chi connectivity index (χ1v) is 11.5. The van der Waals surface area contributed by atoms with E-state index in [1.807, 2.05) is 0 Å². The summed E-state index contributed by atoms with van der Waals surface area (Å²) in [7, 11) is -3.43. The summed E-state index contributed by atoms with van der Waals surface area (Å²) in [5.74, 6) is -0.00603. The molecule has 8 heteroatoms. The van der Waals surface area contributed by atoms with Crippen molar-refractivity contribution < 1.29 is 22.3 Å². The molecule has 1 unspecified atom stereocenters. The van der Waals surface area contributed by atoms with Gasteiger partial charge >= 0.3 is 0 Å². The van der Waals surface area contributed by atoms with Crippen LogP contribution < -0.4 is 5.32 Å². The third-order valence-corrected chi connectivity index (χ3v) is 7.66. The van der Waals surface area contributed by atoms with Crippen LogP contribution in [-0.2, 0) is 25.3 Å². The van der Waals surface area contributed by atoms with E-state index in [0.717, 1.165) is 19.3 Å². The molecule has 1 atom stereocenters. The van der Waals surface area contributed by atoms with Gasteiger partial charge in [0.2, 0.25) is 15.9 Å². The fourth-order valence-electron chi connectivity index (χ4n) is 4.23. The number of benzene rings is 1. The largest absolute Gasteiger partial charge is 0.375 e. The Bertz CT molecular complexity index is 774. The van der Waals surface area contributed by atoms with Crippen LogP contribution in [-0.4, -0.2) is 50.5 Å². The van der Waals surface area contributed by atoms with Crippen molar-refractivity contribution in [2.45, 2.75) is 50.4 Å². The number of piperidine rings is 1. The second-order valence-corrected chi connectivity index (χ2v) is 9.91. The van der Waals surface area contributed by atoms with E-state index in [2.05, 4.69) is 5.32 Å². The molecule has 6 nitrogen and oxygen atoms in total. The van der Waals surface area contributed by atoms with Gasteiger partial charge in [0.25, 0.3) is 0 Å². The van der Waals surface area contributed by atoms with Gasteiger partial charge in [-0.05, 0) is 55.7 Å². The molecule has 2 aliphatic rings. The molecule has 0 aliphatic carbocycles. The topological polar surface area (TPSA) is 75.7 Å². The van der Waals surface area contributed by atoms with Crippen molar-refractivity contribution in [3.8, 4) is 0 Å². The van der Waals surface area contributed by atoms with Crippen LogP contribution in [0.5, 0.6) is 0 Å². The first-order chi connectivity index (χ1) is 13.3. The minimum absolute atomic E-state index is 0.0126. The van der Waals surface area contributed by atoms with E-state index in [1.165, 1.54) is 35.5 Å². The number of sulfonamides is 1. The van der Waals surface area contributed by atoms with Gasteiger partial charge in [-0.2, -0.15) is 0 Å². The van der Waals surface area contributed by atoms with Crippen LogP contribution in [0.25, 0.3) is 0 Å². The number of nitrogens with one attached hydrogen (secondary N) is 1. The minimum Gasteiger partial charge on any atom is -0.375 e. The summed E-state index contributed by atoms with van der Waals surface area (Å²) in [4.78, 5) is 11.0. The summed E-state index contributed by atoms with van der Waals surface area (Å²) in [5, 5.41) is 2.85. The van der Waals surface area contributed by atoms with Crippen molar-refractivity contribution in [2.24, 2.45) is 5.92 Å². The van der Waals surface area contributed by atoms with Gasteiger partial charge in [0, 0.05) is 33.2 Å². The van der Waals surface area contributed by atoms with E-state index >= 15 is 0 Å². The summed E-state index contributed by atoms with van der Waals surface area (Å²) >= 11 is 0. The molecule has 1 aromatic carbocycles. The van der Waals surface area contributed by atoms with Crippen LogP contribution in [0.2, 0.25) is 0 Å². The highest BCUT2D eigenvalue weighted by molar-refractivity contribution is 7.88. The maximum atomic E-state index is 13.0. The Kier molecular flexibility index (Phi) is 6.73. The number of nitrogens with zero attached hydrogens (tertiary/aromatic N) is 1. The van der Waals surface area contributed by atoms with Gasteiger partial charge in [-0.15, -0.1) is 0 Å². The zero-order chi connectivity index (χ0) is 20.2. The lowest BCUT2D eigenvalue weighted by atomic mass is 9.79. The van der Waals surface area contributed by atoms with Crippen LogP contribution in [0, 0.1) is 11.7 Å². The fraction of sp³-hybridized carbons (Fsp3) is 0.650. The third-order valence-electron chi connectivity index (χ3n) is 5.81. The molecule has 28 heavy (non-hydrogen) atoms. The predicted molar refractivity (Wildman–Crippen MR) is 105 cm³/mol. The van der Waals surface area contributed by atoms with Gasteiger partial charge in [0.1, 0.15) is 5.82 Å². The lowest BCUT2D eigenvalue weighted by Gasteiger charge is -2.46. The number of halogens is 1. The Morgan fingerprint density at radius 3 is 2.61 bits per heavy atom. The monoisotopic (exact) mass is 412 g/mol. The standard InChI is InChI=1S/C20H29FN2O4S/c1-16(24)22-10-6-17-7-13-27-20(14-17)8-11-23(12-9-20)28(25,26)15-18-2-4-19(21)5-3-18/h2-5,17H,6-15H2,1H3,(H,22,24). The lowest BCUT2D eigenvalue weighted by molar-refractivity contribution is -0.122. The molecular formula is C20H29FN2O4S. The number of carbonyl (C=O) groups is 1. The van der Waals surface area contributed by atoms with E-state index in [-0.39, 0.29) is 23.1 Å². The molecule has 0 radical (unpaired) electrons. The summed E-state index contributed by atoms with van der Waals surface area (Å²) in [6.45, 7) is 3.78. The van der Waals surface area contributed by atoms with Crippen LogP contribution in [0.4, 0.5) is 4.39 Å². The van der Waals surface area contributed by atoms with Crippen LogP contribution >= 0.6 is 0 Å². The van der Waals surface area contributed by atoms with Gasteiger partial charge in [-0.1, -0.05) is 12.1 Å². The first kappa shape index (κ1) is 21.2. The van der Waals surface area contributed by atoms with Gasteiger partial charge in [0.15, 0.2) is 0 Å². The number of hydrogen-bond donors (Lipinski definition) is 1. The van der Waals surface area contributed by atoms with E-state index in [0.29, 0.717) is 50.6 Å². The summed E-state index contributed by atoms with van der Waals surface area (Å²) < 4.78 is 46.1. The van der Waals surface area contributed by atoms with Crippen LogP contribution in [0.15, 0.2) is 24.3 Å². The molecule has 0 aromatic heterocycles. The average molecular weight is 413 g/mol. The Hall–Kier alpha value is -1.51. The molecule has 1 spiro atoms. The Morgan fingerprint density at radius 2 is 1.96 bits per heavy atom. The molecule has 1 aromatic rings. The quantitative estimate of drug-likeness (QED) is 0.779. The second kappa shape index (κ2) is 8.88. The van der Waals surface area contributed by atoms with E-state index in [1.54, 1.807) is 0 Å². The van der Waals surface area contributed by atoms with Crippen molar-refractivity contribution in [3.05, 3.63) is 35.6 Å². The summed E-state index contributed by atoms with van der Waals surface area (Å²) in [5.41, 5.74) is 0.342. The third kappa shape index (κ3) is 5.52. The zero-order valence-corrected chi connectivity index (χ0v) is 17.1. The van der Waals surface area contributed by atoms with Gasteiger partial charge in [-0.25, -0.2) is 17.1 Å². The number of rotatable bonds is 6. The second-order valence-electron chi connectivity index (χ2n) is 7.94. The Morgan fingerprint density at radius 1 is 1.29 bits per heavy atom. The molecule has 0 saturated carbocycles. The Balaban J connectivity index is 1.54. The molecule has 2 fully saturated rings. The molecule has 2 saturated heterocycles. The molecular weight excluding hydrogens is 383 g/mol. The smallest absolute Gasteiger partial charge is 0.218 e. The van der Waals surface area contributed by atoms with Gasteiger partial charge in [0.05, 0.1) is 11.4 Å².